The van der Waals surface area contributed by atoms with Crippen LogP contribution in [0.1, 0.15) is 12.0 Å². The van der Waals surface area contributed by atoms with Crippen molar-refractivity contribution < 1.29 is 13.2 Å². The number of carbonyl (C=O) groups is 1. The Kier molecular flexibility index (Phi) is 5.46. The van der Waals surface area contributed by atoms with Crippen molar-refractivity contribution in [3.05, 3.63) is 47.5 Å². The highest BCUT2D eigenvalue weighted by Crippen LogP contribution is 2.10. The smallest absolute Gasteiger partial charge is 0.241 e. The van der Waals surface area contributed by atoms with Crippen LogP contribution in [0.3, 0.4) is 0 Å². The van der Waals surface area contributed by atoms with Crippen LogP contribution in [0.25, 0.3) is 0 Å². The number of thiazole rings is 1. The minimum Gasteiger partial charge on any atom is -0.301 e. The fourth-order valence-electron chi connectivity index (χ4n) is 1.85. The lowest BCUT2D eigenvalue weighted by molar-refractivity contribution is -0.113. The lowest BCUT2D eigenvalue weighted by atomic mass is 10.1. The van der Waals surface area contributed by atoms with Crippen LogP contribution in [0.5, 0.6) is 0 Å². The number of hydrogen-bond acceptors (Lipinski definition) is 5. The third-order valence-corrected chi connectivity index (χ3v) is 5.09. The Balaban J connectivity index is 1.77. The van der Waals surface area contributed by atoms with E-state index in [1.807, 2.05) is 30.3 Å². The van der Waals surface area contributed by atoms with E-state index >= 15 is 0 Å². The molecule has 1 heterocycles. The summed E-state index contributed by atoms with van der Waals surface area (Å²) in [6, 6.07) is 9.68. The Hall–Kier alpha value is -1.73. The SMILES string of the molecule is O=C(CS(=O)(=O)CCCc1ccccc1)Nc1nccs1. The first-order valence-corrected chi connectivity index (χ1v) is 9.19. The molecule has 0 aliphatic rings. The van der Waals surface area contributed by atoms with Gasteiger partial charge in [0.1, 0.15) is 5.75 Å². The summed E-state index contributed by atoms with van der Waals surface area (Å²) in [5, 5.41) is 4.60. The molecule has 1 N–H and O–H groups in total. The van der Waals surface area contributed by atoms with Crippen LogP contribution in [-0.2, 0) is 21.1 Å². The van der Waals surface area contributed by atoms with E-state index in [4.69, 9.17) is 0 Å². The quantitative estimate of drug-likeness (QED) is 0.846. The molecule has 0 aliphatic carbocycles. The van der Waals surface area contributed by atoms with Crippen molar-refractivity contribution in [3.63, 3.8) is 0 Å². The molecule has 7 heteroatoms. The number of amides is 1. The standard InChI is InChI=1S/C14H16N2O3S2/c17-13(16-14-15-8-9-20-14)11-21(18,19)10-4-7-12-5-2-1-3-6-12/h1-3,5-6,8-9H,4,7,10-11H2,(H,15,16,17). The minimum atomic E-state index is -3.39. The number of nitrogens with zero attached hydrogens (tertiary/aromatic N) is 1. The Morgan fingerprint density at radius 2 is 2.00 bits per heavy atom. The predicted molar refractivity (Wildman–Crippen MR) is 84.2 cm³/mol. The first-order valence-electron chi connectivity index (χ1n) is 6.49. The van der Waals surface area contributed by atoms with Crippen LogP contribution in [0.4, 0.5) is 5.13 Å². The number of nitrogens with one attached hydrogen (secondary N) is 1. The number of aromatic nitrogens is 1. The molecule has 1 amide bonds. The van der Waals surface area contributed by atoms with Crippen LogP contribution >= 0.6 is 11.3 Å². The van der Waals surface area contributed by atoms with Crippen molar-refractivity contribution >= 4 is 32.2 Å². The van der Waals surface area contributed by atoms with Gasteiger partial charge < -0.3 is 5.32 Å². The molecule has 1 aromatic carbocycles. The van der Waals surface area contributed by atoms with E-state index in [9.17, 15) is 13.2 Å². The summed E-state index contributed by atoms with van der Waals surface area (Å²) >= 11 is 1.25. The molecule has 2 aromatic rings. The third kappa shape index (κ3) is 5.65. The van der Waals surface area contributed by atoms with Gasteiger partial charge in [0, 0.05) is 11.6 Å². The Morgan fingerprint density at radius 3 is 2.67 bits per heavy atom. The van der Waals surface area contributed by atoms with E-state index < -0.39 is 21.5 Å². The first kappa shape index (κ1) is 15.7. The molecule has 2 rings (SSSR count). The van der Waals surface area contributed by atoms with Gasteiger partial charge >= 0.3 is 0 Å². The molecule has 112 valence electrons. The highest BCUT2D eigenvalue weighted by atomic mass is 32.2. The summed E-state index contributed by atoms with van der Waals surface area (Å²) in [6.07, 6.45) is 2.75. The number of aryl methyl sites for hydroxylation is 1. The number of hydrogen-bond donors (Lipinski definition) is 1. The molecule has 0 unspecified atom stereocenters. The van der Waals surface area contributed by atoms with Crippen molar-refractivity contribution in [1.29, 1.82) is 0 Å². The largest absolute Gasteiger partial charge is 0.301 e. The van der Waals surface area contributed by atoms with E-state index in [0.29, 0.717) is 18.0 Å². The topological polar surface area (TPSA) is 76.1 Å². The molecule has 0 fully saturated rings. The molecule has 5 nitrogen and oxygen atoms in total. The van der Waals surface area contributed by atoms with Gasteiger partial charge in [-0.2, -0.15) is 0 Å². The van der Waals surface area contributed by atoms with Crippen molar-refractivity contribution in [2.75, 3.05) is 16.8 Å². The van der Waals surface area contributed by atoms with E-state index in [0.717, 1.165) is 5.56 Å². The van der Waals surface area contributed by atoms with Gasteiger partial charge in [0.15, 0.2) is 15.0 Å². The zero-order chi connectivity index (χ0) is 15.1. The fraction of sp³-hybridized carbons (Fsp3) is 0.286. The molecular formula is C14H16N2O3S2. The van der Waals surface area contributed by atoms with Gasteiger partial charge in [0.05, 0.1) is 5.75 Å². The zero-order valence-electron chi connectivity index (χ0n) is 11.4. The average molecular weight is 324 g/mol. The maximum atomic E-state index is 11.9. The van der Waals surface area contributed by atoms with E-state index in [2.05, 4.69) is 10.3 Å². The van der Waals surface area contributed by atoms with Crippen LogP contribution in [-0.4, -0.2) is 30.8 Å². The van der Waals surface area contributed by atoms with Crippen molar-refractivity contribution in [2.24, 2.45) is 0 Å². The first-order chi connectivity index (χ1) is 10.1. The second-order valence-corrected chi connectivity index (χ2v) is 7.65. The molecule has 0 spiro atoms. The summed E-state index contributed by atoms with van der Waals surface area (Å²) in [6.45, 7) is 0. The van der Waals surface area contributed by atoms with E-state index in [-0.39, 0.29) is 5.75 Å². The van der Waals surface area contributed by atoms with Crippen LogP contribution < -0.4 is 5.32 Å². The Morgan fingerprint density at radius 1 is 1.24 bits per heavy atom. The number of anilines is 1. The van der Waals surface area contributed by atoms with Crippen LogP contribution in [0.15, 0.2) is 41.9 Å². The molecular weight excluding hydrogens is 308 g/mol. The molecule has 0 radical (unpaired) electrons. The van der Waals surface area contributed by atoms with Crippen LogP contribution in [0, 0.1) is 0 Å². The van der Waals surface area contributed by atoms with E-state index in [1.54, 1.807) is 11.6 Å². The number of sulfone groups is 1. The molecule has 0 bridgehead atoms. The second kappa shape index (κ2) is 7.33. The maximum absolute atomic E-state index is 11.9. The normalized spacial score (nSPS) is 11.2. The Bertz CT molecular complexity index is 668. The zero-order valence-corrected chi connectivity index (χ0v) is 13.0. The van der Waals surface area contributed by atoms with Gasteiger partial charge in [-0.3, -0.25) is 4.79 Å². The summed E-state index contributed by atoms with van der Waals surface area (Å²) in [5.74, 6) is -1.03. The Labute approximate surface area is 128 Å². The third-order valence-electron chi connectivity index (χ3n) is 2.79. The predicted octanol–water partition coefficient (Wildman–Crippen LogP) is 2.13. The summed E-state index contributed by atoms with van der Waals surface area (Å²) in [7, 11) is -3.39. The fourth-order valence-corrected chi connectivity index (χ4v) is 3.60. The highest BCUT2D eigenvalue weighted by Gasteiger charge is 2.17. The van der Waals surface area contributed by atoms with Crippen molar-refractivity contribution in [1.82, 2.24) is 4.98 Å². The van der Waals surface area contributed by atoms with Gasteiger partial charge in [0.2, 0.25) is 5.91 Å². The van der Waals surface area contributed by atoms with Crippen molar-refractivity contribution in [2.45, 2.75) is 12.8 Å². The number of carbonyl (C=O) groups excluding carboxylic acids is 1. The maximum Gasteiger partial charge on any atom is 0.241 e. The molecule has 21 heavy (non-hydrogen) atoms. The highest BCUT2D eigenvalue weighted by molar-refractivity contribution is 7.92. The molecule has 0 atom stereocenters. The minimum absolute atomic E-state index is 0.00713. The molecule has 0 aliphatic heterocycles. The lowest BCUT2D eigenvalue weighted by Gasteiger charge is -2.04. The van der Waals surface area contributed by atoms with E-state index in [1.165, 1.54) is 11.3 Å². The van der Waals surface area contributed by atoms with Gasteiger partial charge in [0.25, 0.3) is 0 Å². The van der Waals surface area contributed by atoms with Crippen LogP contribution in [0.2, 0.25) is 0 Å². The van der Waals surface area contributed by atoms with Gasteiger partial charge in [-0.15, -0.1) is 11.3 Å². The van der Waals surface area contributed by atoms with Gasteiger partial charge in [-0.25, -0.2) is 13.4 Å². The second-order valence-electron chi connectivity index (χ2n) is 4.57. The summed E-state index contributed by atoms with van der Waals surface area (Å²) < 4.78 is 23.8. The summed E-state index contributed by atoms with van der Waals surface area (Å²) in [5.41, 5.74) is 1.10. The monoisotopic (exact) mass is 324 g/mol. The molecule has 0 saturated carbocycles. The lowest BCUT2D eigenvalue weighted by Crippen LogP contribution is -2.24. The summed E-state index contributed by atoms with van der Waals surface area (Å²) in [4.78, 5) is 15.5. The molecule has 0 saturated heterocycles. The number of rotatable bonds is 7. The van der Waals surface area contributed by atoms with Crippen molar-refractivity contribution in [3.8, 4) is 0 Å². The number of benzene rings is 1. The average Bonchev–Trinajstić information content (AvgIpc) is 2.91. The van der Waals surface area contributed by atoms with Gasteiger partial charge in [-0.1, -0.05) is 30.3 Å². The van der Waals surface area contributed by atoms with Gasteiger partial charge in [-0.05, 0) is 18.4 Å². The molecule has 1 aromatic heterocycles.